The second-order valence-corrected chi connectivity index (χ2v) is 6.53. The molecule has 0 aromatic heterocycles. The lowest BCUT2D eigenvalue weighted by Gasteiger charge is -2.32. The Morgan fingerprint density at radius 1 is 1.22 bits per heavy atom. The molecule has 6 heteroatoms. The maximum Gasteiger partial charge on any atom is 0.121 e. The Labute approximate surface area is 139 Å². The molecule has 5 nitrogen and oxygen atoms in total. The van der Waals surface area contributed by atoms with Crippen LogP contribution < -0.4 is 5.73 Å². The Bertz CT molecular complexity index is 665. The van der Waals surface area contributed by atoms with Gasteiger partial charge in [0.2, 0.25) is 0 Å². The zero-order valence-corrected chi connectivity index (χ0v) is 13.3. The summed E-state index contributed by atoms with van der Waals surface area (Å²) in [6.07, 6.45) is 2.72. The number of rotatable bonds is 5. The normalized spacial score (nSPS) is 20.3. The molecule has 0 spiro atoms. The first-order valence-electron chi connectivity index (χ1n) is 7.49. The average Bonchev–Trinajstić information content (AvgIpc) is 2.56. The highest BCUT2D eigenvalue weighted by Crippen LogP contribution is 2.41. The minimum absolute atomic E-state index is 0.164. The summed E-state index contributed by atoms with van der Waals surface area (Å²) >= 11 is 0.839. The van der Waals surface area contributed by atoms with Crippen molar-refractivity contribution in [1.29, 1.82) is 0 Å². The fourth-order valence-corrected chi connectivity index (χ4v) is 3.72. The standard InChI is InChI=1S/C17H19NO4S/c18-17-13(8-11-4-2-1-3-5-11)7-6-12-9-14(23-22-21-20)10-15(19)16(12)17/h1-5,9-10,13,17,19-20H,6-8,18H2. The molecule has 0 heterocycles. The van der Waals surface area contributed by atoms with Gasteiger partial charge in [0.15, 0.2) is 0 Å². The number of phenols is 1. The molecule has 2 unspecified atom stereocenters. The Balaban J connectivity index is 1.80. The van der Waals surface area contributed by atoms with Gasteiger partial charge in [0, 0.05) is 16.5 Å². The lowest BCUT2D eigenvalue weighted by atomic mass is 9.77. The molecule has 0 saturated carbocycles. The molecule has 1 aliphatic rings. The maximum absolute atomic E-state index is 10.3. The number of benzene rings is 2. The quantitative estimate of drug-likeness (QED) is 0.440. The fraction of sp³-hybridized carbons (Fsp3) is 0.294. The number of nitrogens with two attached hydrogens (primary N) is 1. The van der Waals surface area contributed by atoms with Crippen LogP contribution in [0.4, 0.5) is 0 Å². The topological polar surface area (TPSA) is 84.9 Å². The molecule has 0 fully saturated rings. The Morgan fingerprint density at radius 3 is 2.74 bits per heavy atom. The fourth-order valence-electron chi connectivity index (χ4n) is 3.26. The summed E-state index contributed by atoms with van der Waals surface area (Å²) in [7, 11) is 0. The number of fused-ring (bicyclic) bond motifs is 1. The first-order valence-corrected chi connectivity index (χ1v) is 8.23. The van der Waals surface area contributed by atoms with E-state index in [4.69, 9.17) is 11.0 Å². The second-order valence-electron chi connectivity index (χ2n) is 5.76. The largest absolute Gasteiger partial charge is 0.508 e. The van der Waals surface area contributed by atoms with Crippen molar-refractivity contribution in [2.24, 2.45) is 11.7 Å². The van der Waals surface area contributed by atoms with Crippen LogP contribution in [-0.2, 0) is 22.2 Å². The highest BCUT2D eigenvalue weighted by molar-refractivity contribution is 7.94. The van der Waals surface area contributed by atoms with Crippen LogP contribution in [0, 0.1) is 5.92 Å². The molecule has 0 radical (unpaired) electrons. The maximum atomic E-state index is 10.3. The van der Waals surface area contributed by atoms with E-state index in [1.54, 1.807) is 6.07 Å². The third-order valence-corrected chi connectivity index (χ3v) is 4.90. The van der Waals surface area contributed by atoms with E-state index in [2.05, 4.69) is 21.5 Å². The summed E-state index contributed by atoms with van der Waals surface area (Å²) in [5, 5.41) is 22.2. The summed E-state index contributed by atoms with van der Waals surface area (Å²) in [5.74, 6) is 0.461. The van der Waals surface area contributed by atoms with Gasteiger partial charge in [-0.05, 0) is 48.4 Å². The van der Waals surface area contributed by atoms with Crippen LogP contribution in [0.15, 0.2) is 47.4 Å². The van der Waals surface area contributed by atoms with Gasteiger partial charge in [0.1, 0.15) is 5.75 Å². The van der Waals surface area contributed by atoms with E-state index in [0.29, 0.717) is 10.8 Å². The van der Waals surface area contributed by atoms with Crippen molar-refractivity contribution in [3.63, 3.8) is 0 Å². The third kappa shape index (κ3) is 3.68. The second kappa shape index (κ2) is 7.33. The van der Waals surface area contributed by atoms with Gasteiger partial charge in [-0.25, -0.2) is 5.26 Å². The zero-order valence-electron chi connectivity index (χ0n) is 12.5. The van der Waals surface area contributed by atoms with Gasteiger partial charge in [-0.1, -0.05) is 35.4 Å². The van der Waals surface area contributed by atoms with Crippen molar-refractivity contribution in [2.75, 3.05) is 0 Å². The molecule has 0 amide bonds. The zero-order chi connectivity index (χ0) is 16.2. The van der Waals surface area contributed by atoms with Crippen LogP contribution in [-0.4, -0.2) is 10.4 Å². The predicted molar refractivity (Wildman–Crippen MR) is 87.6 cm³/mol. The van der Waals surface area contributed by atoms with Gasteiger partial charge >= 0.3 is 0 Å². The number of hydrogen-bond acceptors (Lipinski definition) is 6. The van der Waals surface area contributed by atoms with Crippen LogP contribution in [0.2, 0.25) is 0 Å². The van der Waals surface area contributed by atoms with Crippen molar-refractivity contribution in [1.82, 2.24) is 0 Å². The average molecular weight is 333 g/mol. The van der Waals surface area contributed by atoms with Crippen molar-refractivity contribution in [2.45, 2.75) is 30.2 Å². The number of hydrogen-bond donors (Lipinski definition) is 3. The van der Waals surface area contributed by atoms with Gasteiger partial charge in [0.05, 0.1) is 12.0 Å². The van der Waals surface area contributed by atoms with Gasteiger partial charge < -0.3 is 10.8 Å². The van der Waals surface area contributed by atoms with Crippen LogP contribution in [0.3, 0.4) is 0 Å². The van der Waals surface area contributed by atoms with E-state index in [0.717, 1.165) is 42.4 Å². The van der Waals surface area contributed by atoms with Crippen molar-refractivity contribution in [3.05, 3.63) is 59.2 Å². The molecule has 23 heavy (non-hydrogen) atoms. The van der Waals surface area contributed by atoms with E-state index < -0.39 is 0 Å². The molecule has 0 bridgehead atoms. The summed E-state index contributed by atoms with van der Waals surface area (Å²) in [4.78, 5) is 0.656. The third-order valence-electron chi connectivity index (χ3n) is 4.34. The first-order chi connectivity index (χ1) is 11.2. The highest BCUT2D eigenvalue weighted by atomic mass is 32.2. The molecule has 2 atom stereocenters. The SMILES string of the molecule is NC1c2c(O)cc(SOOO)cc2CCC1Cc1ccccc1. The predicted octanol–water partition coefficient (Wildman–Crippen LogP) is 3.63. The molecular formula is C17H19NO4S. The van der Waals surface area contributed by atoms with Gasteiger partial charge in [-0.2, -0.15) is 0 Å². The minimum Gasteiger partial charge on any atom is -0.508 e. The van der Waals surface area contributed by atoms with Crippen molar-refractivity contribution in [3.8, 4) is 5.75 Å². The van der Waals surface area contributed by atoms with Crippen molar-refractivity contribution < 1.29 is 19.7 Å². The van der Waals surface area contributed by atoms with Crippen LogP contribution in [0.1, 0.15) is 29.2 Å². The smallest absolute Gasteiger partial charge is 0.121 e. The van der Waals surface area contributed by atoms with E-state index in [9.17, 15) is 5.11 Å². The monoisotopic (exact) mass is 333 g/mol. The van der Waals surface area contributed by atoms with E-state index in [1.165, 1.54) is 5.56 Å². The van der Waals surface area contributed by atoms with Gasteiger partial charge in [-0.15, -0.1) is 4.33 Å². The Hall–Kier alpha value is -1.57. The molecule has 2 aromatic rings. The van der Waals surface area contributed by atoms with Crippen LogP contribution in [0.5, 0.6) is 5.75 Å². The molecule has 122 valence electrons. The van der Waals surface area contributed by atoms with E-state index in [1.807, 2.05) is 24.3 Å². The van der Waals surface area contributed by atoms with E-state index >= 15 is 0 Å². The van der Waals surface area contributed by atoms with Gasteiger partial charge in [-0.3, -0.25) is 0 Å². The van der Waals surface area contributed by atoms with Crippen LogP contribution in [0.25, 0.3) is 0 Å². The molecule has 0 aliphatic heterocycles. The Kier molecular flexibility index (Phi) is 5.20. The molecule has 4 N–H and O–H groups in total. The van der Waals surface area contributed by atoms with Crippen molar-refractivity contribution >= 4 is 12.0 Å². The number of aryl methyl sites for hydroxylation is 1. The number of aromatic hydroxyl groups is 1. The van der Waals surface area contributed by atoms with Gasteiger partial charge in [0.25, 0.3) is 0 Å². The van der Waals surface area contributed by atoms with Crippen LogP contribution >= 0.6 is 12.0 Å². The van der Waals surface area contributed by atoms with E-state index in [-0.39, 0.29) is 11.8 Å². The first kappa shape index (κ1) is 16.3. The highest BCUT2D eigenvalue weighted by Gasteiger charge is 2.29. The summed E-state index contributed by atoms with van der Waals surface area (Å²) in [6, 6.07) is 13.6. The minimum atomic E-state index is -0.201. The number of phenolic OH excluding ortho intramolecular Hbond substituents is 1. The summed E-state index contributed by atoms with van der Waals surface area (Å²) < 4.78 is 4.42. The lowest BCUT2D eigenvalue weighted by Crippen LogP contribution is -2.29. The summed E-state index contributed by atoms with van der Waals surface area (Å²) in [5.41, 5.74) is 9.52. The molecule has 2 aromatic carbocycles. The Morgan fingerprint density at radius 2 is 2.00 bits per heavy atom. The molecule has 3 rings (SSSR count). The molecular weight excluding hydrogens is 314 g/mol. The summed E-state index contributed by atoms with van der Waals surface area (Å²) in [6.45, 7) is 0. The molecule has 1 aliphatic carbocycles. The lowest BCUT2D eigenvalue weighted by molar-refractivity contribution is -0.432. The molecule has 0 saturated heterocycles.